The quantitative estimate of drug-likeness (QED) is 0.810. The third kappa shape index (κ3) is 2.58. The van der Waals surface area contributed by atoms with Crippen LogP contribution in [-0.4, -0.2) is 31.0 Å². The zero-order valence-electron chi connectivity index (χ0n) is 12.8. The van der Waals surface area contributed by atoms with Gasteiger partial charge < -0.3 is 15.4 Å². The van der Waals surface area contributed by atoms with Crippen molar-refractivity contribution in [2.75, 3.05) is 18.6 Å². The molecule has 0 saturated carbocycles. The molecule has 6 nitrogen and oxygen atoms in total. The van der Waals surface area contributed by atoms with E-state index in [2.05, 4.69) is 5.32 Å². The molecule has 1 fully saturated rings. The summed E-state index contributed by atoms with van der Waals surface area (Å²) in [5.41, 5.74) is 6.76. The summed E-state index contributed by atoms with van der Waals surface area (Å²) in [7, 11) is 1.57. The van der Waals surface area contributed by atoms with Gasteiger partial charge in [-0.1, -0.05) is 6.07 Å². The standard InChI is InChI=1S/C15H21N3O3/c1-9(16)13-10(6-5-7-11(13)21-4)18-8-12(19)17-14(20)15(18,2)3/h5-7,9H,8,16H2,1-4H3,(H,17,19,20)/t9-/m0/s1. The number of nitrogens with zero attached hydrogens (tertiary/aromatic N) is 1. The molecule has 21 heavy (non-hydrogen) atoms. The Kier molecular flexibility index (Phi) is 3.91. The van der Waals surface area contributed by atoms with Gasteiger partial charge in [-0.2, -0.15) is 0 Å². The zero-order valence-corrected chi connectivity index (χ0v) is 12.8. The number of nitrogens with one attached hydrogen (secondary N) is 1. The lowest BCUT2D eigenvalue weighted by atomic mass is 9.94. The largest absolute Gasteiger partial charge is 0.496 e. The topological polar surface area (TPSA) is 84.7 Å². The molecular weight excluding hydrogens is 270 g/mol. The number of hydrogen-bond acceptors (Lipinski definition) is 5. The monoisotopic (exact) mass is 291 g/mol. The van der Waals surface area contributed by atoms with Crippen LogP contribution in [0.15, 0.2) is 18.2 Å². The van der Waals surface area contributed by atoms with Crippen LogP contribution in [0.3, 0.4) is 0 Å². The lowest BCUT2D eigenvalue weighted by molar-refractivity contribution is -0.135. The maximum absolute atomic E-state index is 12.1. The van der Waals surface area contributed by atoms with E-state index in [1.807, 2.05) is 25.1 Å². The van der Waals surface area contributed by atoms with E-state index in [4.69, 9.17) is 10.5 Å². The van der Waals surface area contributed by atoms with Crippen LogP contribution in [0, 0.1) is 0 Å². The first-order valence-corrected chi connectivity index (χ1v) is 6.83. The van der Waals surface area contributed by atoms with Gasteiger partial charge in [0.15, 0.2) is 0 Å². The van der Waals surface area contributed by atoms with E-state index in [-0.39, 0.29) is 24.4 Å². The predicted octanol–water partition coefficient (Wildman–Crippen LogP) is 0.956. The van der Waals surface area contributed by atoms with Crippen LogP contribution in [-0.2, 0) is 9.59 Å². The van der Waals surface area contributed by atoms with Gasteiger partial charge in [0.2, 0.25) is 5.91 Å². The number of hydrogen-bond donors (Lipinski definition) is 2. The van der Waals surface area contributed by atoms with Crippen LogP contribution in [0.1, 0.15) is 32.4 Å². The minimum atomic E-state index is -0.843. The van der Waals surface area contributed by atoms with Crippen molar-refractivity contribution in [3.05, 3.63) is 23.8 Å². The lowest BCUT2D eigenvalue weighted by Crippen LogP contribution is -2.64. The molecule has 1 aromatic carbocycles. The second kappa shape index (κ2) is 5.37. The first-order chi connectivity index (χ1) is 9.78. The molecule has 3 N–H and O–H groups in total. The maximum Gasteiger partial charge on any atom is 0.251 e. The molecule has 6 heteroatoms. The Morgan fingerprint density at radius 3 is 2.62 bits per heavy atom. The Hall–Kier alpha value is -2.08. The van der Waals surface area contributed by atoms with Crippen LogP contribution < -0.4 is 20.7 Å². The Labute approximate surface area is 124 Å². The molecule has 1 saturated heterocycles. The highest BCUT2D eigenvalue weighted by molar-refractivity contribution is 6.06. The summed E-state index contributed by atoms with van der Waals surface area (Å²) < 4.78 is 5.37. The van der Waals surface area contributed by atoms with Gasteiger partial charge in [0.1, 0.15) is 11.3 Å². The van der Waals surface area contributed by atoms with E-state index in [1.54, 1.807) is 25.9 Å². The third-order valence-electron chi connectivity index (χ3n) is 3.79. The number of rotatable bonds is 3. The highest BCUT2D eigenvalue weighted by Gasteiger charge is 2.42. The summed E-state index contributed by atoms with van der Waals surface area (Å²) in [6.07, 6.45) is 0. The molecule has 0 aliphatic carbocycles. The fourth-order valence-corrected chi connectivity index (χ4v) is 2.57. The SMILES string of the molecule is COc1cccc(N2CC(=O)NC(=O)C2(C)C)c1[C@H](C)N. The van der Waals surface area contributed by atoms with Gasteiger partial charge in [0.25, 0.3) is 5.91 Å². The van der Waals surface area contributed by atoms with Crippen LogP contribution in [0.2, 0.25) is 0 Å². The van der Waals surface area contributed by atoms with Gasteiger partial charge in [0, 0.05) is 17.3 Å². The summed E-state index contributed by atoms with van der Waals surface area (Å²) in [4.78, 5) is 25.6. The van der Waals surface area contributed by atoms with Crippen molar-refractivity contribution in [2.45, 2.75) is 32.4 Å². The smallest absolute Gasteiger partial charge is 0.251 e. The average molecular weight is 291 g/mol. The van der Waals surface area contributed by atoms with Gasteiger partial charge in [-0.3, -0.25) is 14.9 Å². The van der Waals surface area contributed by atoms with E-state index in [1.165, 1.54) is 0 Å². The van der Waals surface area contributed by atoms with Crippen LogP contribution in [0.4, 0.5) is 5.69 Å². The van der Waals surface area contributed by atoms with Crippen molar-refractivity contribution < 1.29 is 14.3 Å². The first-order valence-electron chi connectivity index (χ1n) is 6.83. The van der Waals surface area contributed by atoms with E-state index >= 15 is 0 Å². The van der Waals surface area contributed by atoms with Crippen molar-refractivity contribution >= 4 is 17.5 Å². The van der Waals surface area contributed by atoms with Crippen LogP contribution >= 0.6 is 0 Å². The van der Waals surface area contributed by atoms with Crippen molar-refractivity contribution in [1.82, 2.24) is 5.32 Å². The van der Waals surface area contributed by atoms with Crippen molar-refractivity contribution in [2.24, 2.45) is 5.73 Å². The summed E-state index contributed by atoms with van der Waals surface area (Å²) in [6, 6.07) is 5.22. The Morgan fingerprint density at radius 1 is 1.38 bits per heavy atom. The van der Waals surface area contributed by atoms with Crippen molar-refractivity contribution in [3.8, 4) is 5.75 Å². The number of methoxy groups -OCH3 is 1. The third-order valence-corrected chi connectivity index (χ3v) is 3.79. The van der Waals surface area contributed by atoms with Crippen molar-refractivity contribution in [1.29, 1.82) is 0 Å². The Balaban J connectivity index is 2.59. The highest BCUT2D eigenvalue weighted by Crippen LogP contribution is 2.37. The molecule has 1 aliphatic heterocycles. The number of nitrogens with two attached hydrogens (primary N) is 1. The number of piperazine rings is 1. The molecule has 0 unspecified atom stereocenters. The molecule has 1 aromatic rings. The Morgan fingerprint density at radius 2 is 2.05 bits per heavy atom. The second-order valence-electron chi connectivity index (χ2n) is 5.70. The van der Waals surface area contributed by atoms with Gasteiger partial charge >= 0.3 is 0 Å². The van der Waals surface area contributed by atoms with E-state index in [0.717, 1.165) is 11.3 Å². The molecule has 0 bridgehead atoms. The van der Waals surface area contributed by atoms with E-state index in [9.17, 15) is 9.59 Å². The summed E-state index contributed by atoms with van der Waals surface area (Å²) in [6.45, 7) is 5.50. The first kappa shape index (κ1) is 15.3. The van der Waals surface area contributed by atoms with Crippen LogP contribution in [0.25, 0.3) is 0 Å². The van der Waals surface area contributed by atoms with Gasteiger partial charge in [-0.05, 0) is 32.9 Å². The molecule has 2 rings (SSSR count). The van der Waals surface area contributed by atoms with Gasteiger partial charge in [-0.15, -0.1) is 0 Å². The molecule has 2 amide bonds. The normalized spacial score (nSPS) is 19.2. The second-order valence-corrected chi connectivity index (χ2v) is 5.70. The van der Waals surface area contributed by atoms with Crippen molar-refractivity contribution in [3.63, 3.8) is 0 Å². The summed E-state index contributed by atoms with van der Waals surface area (Å²) in [5, 5.41) is 2.36. The summed E-state index contributed by atoms with van der Waals surface area (Å²) in [5.74, 6) is 0.00620. The molecule has 1 heterocycles. The van der Waals surface area contributed by atoms with E-state index < -0.39 is 5.54 Å². The number of amides is 2. The minimum absolute atomic E-state index is 0.103. The number of ether oxygens (including phenoxy) is 1. The highest BCUT2D eigenvalue weighted by atomic mass is 16.5. The number of carbonyl (C=O) groups excluding carboxylic acids is 2. The molecule has 0 radical (unpaired) electrons. The number of carbonyl (C=O) groups is 2. The van der Waals surface area contributed by atoms with Gasteiger partial charge in [0.05, 0.1) is 13.7 Å². The lowest BCUT2D eigenvalue weighted by Gasteiger charge is -2.43. The predicted molar refractivity (Wildman–Crippen MR) is 80.2 cm³/mol. The number of anilines is 1. The molecule has 1 aliphatic rings. The Bertz CT molecular complexity index is 582. The molecular formula is C15H21N3O3. The summed E-state index contributed by atoms with van der Waals surface area (Å²) >= 11 is 0. The fourth-order valence-electron chi connectivity index (χ4n) is 2.57. The van der Waals surface area contributed by atoms with Crippen LogP contribution in [0.5, 0.6) is 5.75 Å². The molecule has 0 aromatic heterocycles. The minimum Gasteiger partial charge on any atom is -0.496 e. The number of benzene rings is 1. The zero-order chi connectivity index (χ0) is 15.8. The van der Waals surface area contributed by atoms with E-state index in [0.29, 0.717) is 5.75 Å². The molecule has 0 spiro atoms. The fraction of sp³-hybridized carbons (Fsp3) is 0.467. The van der Waals surface area contributed by atoms with Gasteiger partial charge in [-0.25, -0.2) is 0 Å². The number of imide groups is 1. The molecule has 1 atom stereocenters. The molecule has 114 valence electrons. The maximum atomic E-state index is 12.1. The average Bonchev–Trinajstić information content (AvgIpc) is 2.42.